The Bertz CT molecular complexity index is 602. The lowest BCUT2D eigenvalue weighted by Gasteiger charge is -2.13. The van der Waals surface area contributed by atoms with E-state index in [2.05, 4.69) is 4.84 Å². The number of esters is 1. The Kier molecular flexibility index (Phi) is 7.43. The molecule has 0 saturated heterocycles. The summed E-state index contributed by atoms with van der Waals surface area (Å²) in [6, 6.07) is 2.94. The summed E-state index contributed by atoms with van der Waals surface area (Å²) < 4.78 is 10.5. The molecule has 1 atom stereocenters. The largest absolute Gasteiger partial charge is 0.490 e. The van der Waals surface area contributed by atoms with Gasteiger partial charge in [0, 0.05) is 0 Å². The van der Waals surface area contributed by atoms with Crippen molar-refractivity contribution in [3.05, 3.63) is 33.9 Å². The zero-order valence-corrected chi connectivity index (χ0v) is 13.0. The van der Waals surface area contributed by atoms with E-state index in [9.17, 15) is 19.7 Å². The molecule has 0 spiro atoms. The molecule has 0 heterocycles. The molecule has 1 aromatic rings. The Labute approximate surface area is 137 Å². The number of rotatable bonds is 10. The van der Waals surface area contributed by atoms with Crippen LogP contribution in [0.25, 0.3) is 0 Å². The van der Waals surface area contributed by atoms with Crippen molar-refractivity contribution >= 4 is 11.9 Å². The summed E-state index contributed by atoms with van der Waals surface area (Å²) in [4.78, 5) is 36.7. The predicted molar refractivity (Wildman–Crippen MR) is 80.4 cm³/mol. The van der Waals surface area contributed by atoms with E-state index in [0.29, 0.717) is 12.8 Å². The second-order valence-electron chi connectivity index (χ2n) is 4.79. The molecule has 0 aromatic heterocycles. The van der Waals surface area contributed by atoms with Gasteiger partial charge in [-0.25, -0.2) is 9.59 Å². The number of benzene rings is 1. The van der Waals surface area contributed by atoms with Gasteiger partial charge in [0.2, 0.25) is 0 Å². The molecule has 10 heteroatoms. The Morgan fingerprint density at radius 2 is 1.96 bits per heavy atom. The first-order valence-corrected chi connectivity index (χ1v) is 7.06. The van der Waals surface area contributed by atoms with Gasteiger partial charge >= 0.3 is 11.9 Å². The second-order valence-corrected chi connectivity index (χ2v) is 4.79. The molecule has 0 aliphatic rings. The minimum atomic E-state index is -1.18. The second kappa shape index (κ2) is 9.30. The van der Waals surface area contributed by atoms with E-state index < -0.39 is 23.1 Å². The van der Waals surface area contributed by atoms with Crippen molar-refractivity contribution in [1.82, 2.24) is 0 Å². The van der Waals surface area contributed by atoms with Crippen LogP contribution in [0.3, 0.4) is 0 Å². The summed E-state index contributed by atoms with van der Waals surface area (Å²) >= 11 is 0. The van der Waals surface area contributed by atoms with Crippen molar-refractivity contribution in [2.75, 3.05) is 13.2 Å². The van der Waals surface area contributed by atoms with Crippen LogP contribution in [0, 0.1) is 10.1 Å². The predicted octanol–water partition coefficient (Wildman–Crippen LogP) is 1.00. The van der Waals surface area contributed by atoms with Gasteiger partial charge in [0.15, 0.2) is 11.5 Å². The highest BCUT2D eigenvalue weighted by molar-refractivity contribution is 5.89. The molecular formula is C14H18N2O8. The molecule has 0 unspecified atom stereocenters. The number of carboxylic acids is 1. The van der Waals surface area contributed by atoms with Crippen LogP contribution < -0.4 is 15.2 Å². The molecule has 0 amide bonds. The first kappa shape index (κ1) is 19.2. The molecule has 0 fully saturated rings. The Morgan fingerprint density at radius 1 is 1.29 bits per heavy atom. The number of ether oxygens (including phenoxy) is 2. The van der Waals surface area contributed by atoms with E-state index in [-0.39, 0.29) is 30.3 Å². The average molecular weight is 342 g/mol. The summed E-state index contributed by atoms with van der Waals surface area (Å²) in [5, 5.41) is 18.1. The van der Waals surface area contributed by atoms with E-state index in [1.54, 1.807) is 0 Å². The van der Waals surface area contributed by atoms with Crippen LogP contribution in [0.5, 0.6) is 11.5 Å². The summed E-state index contributed by atoms with van der Waals surface area (Å²) in [6.45, 7) is 1.55. The molecule has 24 heavy (non-hydrogen) atoms. The third-order valence-electron chi connectivity index (χ3n) is 2.77. The topological polar surface area (TPSA) is 151 Å². The van der Waals surface area contributed by atoms with E-state index in [1.807, 2.05) is 0 Å². The fourth-order valence-electron chi connectivity index (χ4n) is 1.57. The van der Waals surface area contributed by atoms with Crippen LogP contribution in [-0.2, 0) is 9.63 Å². The lowest BCUT2D eigenvalue weighted by molar-refractivity contribution is -0.757. The molecule has 0 aliphatic heterocycles. The normalized spacial score (nSPS) is 11.4. The van der Waals surface area contributed by atoms with Crippen molar-refractivity contribution in [3.8, 4) is 11.5 Å². The Morgan fingerprint density at radius 3 is 2.54 bits per heavy atom. The number of hydrogen-bond acceptors (Lipinski definition) is 8. The Balaban J connectivity index is 2.68. The highest BCUT2D eigenvalue weighted by atomic mass is 16.9. The van der Waals surface area contributed by atoms with Gasteiger partial charge in [0.25, 0.3) is 5.09 Å². The molecule has 132 valence electrons. The van der Waals surface area contributed by atoms with Crippen molar-refractivity contribution in [2.24, 2.45) is 5.73 Å². The van der Waals surface area contributed by atoms with E-state index in [0.717, 1.165) is 6.07 Å². The first-order chi connectivity index (χ1) is 11.3. The fraction of sp³-hybridized carbons (Fsp3) is 0.429. The summed E-state index contributed by atoms with van der Waals surface area (Å²) in [7, 11) is 0. The maximum absolute atomic E-state index is 11.6. The molecule has 0 saturated carbocycles. The van der Waals surface area contributed by atoms with Crippen LogP contribution in [0.4, 0.5) is 0 Å². The molecule has 3 N–H and O–H groups in total. The van der Waals surface area contributed by atoms with Gasteiger partial charge < -0.3 is 25.2 Å². The van der Waals surface area contributed by atoms with Gasteiger partial charge in [-0.3, -0.25) is 0 Å². The number of nitrogens with zero attached hydrogens (tertiary/aromatic N) is 1. The van der Waals surface area contributed by atoms with Crippen molar-refractivity contribution < 1.29 is 34.1 Å². The number of carbonyl (C=O) groups excluding carboxylic acids is 1. The number of nitrogens with two attached hydrogens (primary N) is 1. The zero-order valence-electron chi connectivity index (χ0n) is 13.0. The molecule has 1 aromatic carbocycles. The average Bonchev–Trinajstić information content (AvgIpc) is 2.51. The van der Waals surface area contributed by atoms with Gasteiger partial charge in [0.1, 0.15) is 6.04 Å². The van der Waals surface area contributed by atoms with Gasteiger partial charge in [-0.2, -0.15) is 0 Å². The maximum Gasteiger partial charge on any atom is 0.335 e. The quantitative estimate of drug-likeness (QED) is 0.208. The molecular weight excluding hydrogens is 324 g/mol. The van der Waals surface area contributed by atoms with Crippen molar-refractivity contribution in [2.45, 2.75) is 25.8 Å². The lowest BCUT2D eigenvalue weighted by Crippen LogP contribution is -2.31. The van der Waals surface area contributed by atoms with Crippen molar-refractivity contribution in [1.29, 1.82) is 0 Å². The van der Waals surface area contributed by atoms with Crippen LogP contribution in [-0.4, -0.2) is 41.4 Å². The first-order valence-electron chi connectivity index (χ1n) is 7.06. The third kappa shape index (κ3) is 6.48. The summed E-state index contributed by atoms with van der Waals surface area (Å²) in [6.07, 6.45) is 0.846. The SMILES string of the molecule is C[C@H](N)C(=O)Oc1cc(C(=O)O)ccc1OCCCCO[N+](=O)[O-]. The fourth-order valence-corrected chi connectivity index (χ4v) is 1.57. The minimum Gasteiger partial charge on any atom is -0.490 e. The van der Waals surface area contributed by atoms with Crippen LogP contribution in [0.1, 0.15) is 30.1 Å². The molecule has 10 nitrogen and oxygen atoms in total. The number of aromatic carboxylic acids is 1. The van der Waals surface area contributed by atoms with Gasteiger partial charge in [-0.05, 0) is 38.0 Å². The van der Waals surface area contributed by atoms with Gasteiger partial charge in [-0.1, -0.05) is 0 Å². The number of carboxylic acid groups (broad SMARTS) is 1. The summed E-state index contributed by atoms with van der Waals surface area (Å²) in [5.41, 5.74) is 5.34. The maximum atomic E-state index is 11.6. The molecule has 0 bridgehead atoms. The highest BCUT2D eigenvalue weighted by Gasteiger charge is 2.16. The lowest BCUT2D eigenvalue weighted by atomic mass is 10.2. The van der Waals surface area contributed by atoms with Crippen LogP contribution >= 0.6 is 0 Å². The molecule has 0 aliphatic carbocycles. The monoisotopic (exact) mass is 342 g/mol. The Hall–Kier alpha value is -2.88. The van der Waals surface area contributed by atoms with Crippen LogP contribution in [0.2, 0.25) is 0 Å². The van der Waals surface area contributed by atoms with E-state index >= 15 is 0 Å². The number of carbonyl (C=O) groups is 2. The molecule has 0 radical (unpaired) electrons. The number of unbranched alkanes of at least 4 members (excludes halogenated alkanes) is 1. The zero-order chi connectivity index (χ0) is 18.1. The third-order valence-corrected chi connectivity index (χ3v) is 2.77. The smallest absolute Gasteiger partial charge is 0.335 e. The van der Waals surface area contributed by atoms with Crippen LogP contribution in [0.15, 0.2) is 18.2 Å². The minimum absolute atomic E-state index is 0.0547. The summed E-state index contributed by atoms with van der Waals surface area (Å²) in [5.74, 6) is -1.80. The van der Waals surface area contributed by atoms with E-state index in [4.69, 9.17) is 20.3 Å². The van der Waals surface area contributed by atoms with Gasteiger partial charge in [-0.15, -0.1) is 10.1 Å². The van der Waals surface area contributed by atoms with E-state index in [1.165, 1.54) is 19.1 Å². The highest BCUT2D eigenvalue weighted by Crippen LogP contribution is 2.29. The standard InChI is InChI=1S/C14H18N2O8/c1-9(15)14(19)24-12-8-10(13(17)18)4-5-11(12)22-6-2-3-7-23-16(20)21/h4-5,8-9H,2-3,6-7,15H2,1H3,(H,17,18)/t9-/m0/s1. The van der Waals surface area contributed by atoms with Gasteiger partial charge in [0.05, 0.1) is 18.8 Å². The molecule has 1 rings (SSSR count). The number of hydrogen-bond donors (Lipinski definition) is 2. The van der Waals surface area contributed by atoms with Crippen molar-refractivity contribution in [3.63, 3.8) is 0 Å².